The SMILES string of the molecule is COc1ccccc1NCc1ccc2c(c1)CCO2. The molecule has 0 saturated heterocycles. The molecule has 2 aromatic rings. The number of anilines is 1. The molecule has 98 valence electrons. The molecule has 0 aliphatic carbocycles. The maximum absolute atomic E-state index is 5.51. The van der Waals surface area contributed by atoms with Crippen LogP contribution in [0.1, 0.15) is 11.1 Å². The van der Waals surface area contributed by atoms with Gasteiger partial charge in [0, 0.05) is 13.0 Å². The Kier molecular flexibility index (Phi) is 3.27. The third-order valence-corrected chi connectivity index (χ3v) is 3.34. The molecule has 0 atom stereocenters. The topological polar surface area (TPSA) is 30.5 Å². The van der Waals surface area contributed by atoms with E-state index in [1.165, 1.54) is 11.1 Å². The molecule has 1 heterocycles. The predicted octanol–water partition coefficient (Wildman–Crippen LogP) is 3.24. The van der Waals surface area contributed by atoms with Crippen molar-refractivity contribution in [2.24, 2.45) is 0 Å². The molecule has 0 saturated carbocycles. The highest BCUT2D eigenvalue weighted by Crippen LogP contribution is 2.27. The van der Waals surface area contributed by atoms with Gasteiger partial charge in [0.2, 0.25) is 0 Å². The van der Waals surface area contributed by atoms with Crippen LogP contribution in [0, 0.1) is 0 Å². The van der Waals surface area contributed by atoms with Crippen molar-refractivity contribution in [1.29, 1.82) is 0 Å². The van der Waals surface area contributed by atoms with Gasteiger partial charge in [0.1, 0.15) is 11.5 Å². The average Bonchev–Trinajstić information content (AvgIpc) is 2.93. The summed E-state index contributed by atoms with van der Waals surface area (Å²) in [6.07, 6.45) is 1.01. The number of ether oxygens (including phenoxy) is 2. The fraction of sp³-hybridized carbons (Fsp3) is 0.250. The van der Waals surface area contributed by atoms with Gasteiger partial charge in [-0.1, -0.05) is 24.3 Å². The van der Waals surface area contributed by atoms with Crippen molar-refractivity contribution in [3.05, 3.63) is 53.6 Å². The molecule has 1 aliphatic heterocycles. The largest absolute Gasteiger partial charge is 0.495 e. The molecule has 2 aromatic carbocycles. The minimum absolute atomic E-state index is 0.785. The highest BCUT2D eigenvalue weighted by Gasteiger charge is 2.11. The fourth-order valence-electron chi connectivity index (χ4n) is 2.34. The van der Waals surface area contributed by atoms with Crippen molar-refractivity contribution in [2.75, 3.05) is 19.0 Å². The van der Waals surface area contributed by atoms with Gasteiger partial charge in [-0.2, -0.15) is 0 Å². The van der Waals surface area contributed by atoms with Gasteiger partial charge in [-0.05, 0) is 29.3 Å². The third kappa shape index (κ3) is 2.50. The maximum atomic E-state index is 5.51. The van der Waals surface area contributed by atoms with E-state index in [2.05, 4.69) is 23.5 Å². The van der Waals surface area contributed by atoms with Gasteiger partial charge in [-0.3, -0.25) is 0 Å². The van der Waals surface area contributed by atoms with Gasteiger partial charge in [-0.15, -0.1) is 0 Å². The summed E-state index contributed by atoms with van der Waals surface area (Å²) in [5.41, 5.74) is 3.58. The molecule has 0 amide bonds. The van der Waals surface area contributed by atoms with E-state index in [1.807, 2.05) is 24.3 Å². The lowest BCUT2D eigenvalue weighted by Gasteiger charge is -2.11. The second kappa shape index (κ2) is 5.22. The number of nitrogens with one attached hydrogen (secondary N) is 1. The van der Waals surface area contributed by atoms with Gasteiger partial charge >= 0.3 is 0 Å². The third-order valence-electron chi connectivity index (χ3n) is 3.34. The van der Waals surface area contributed by atoms with Crippen LogP contribution in [-0.2, 0) is 13.0 Å². The average molecular weight is 255 g/mol. The Morgan fingerprint density at radius 1 is 1.21 bits per heavy atom. The Balaban J connectivity index is 1.72. The Bertz CT molecular complexity index is 581. The zero-order valence-corrected chi connectivity index (χ0v) is 11.0. The fourth-order valence-corrected chi connectivity index (χ4v) is 2.34. The molecule has 0 unspecified atom stereocenters. The Morgan fingerprint density at radius 3 is 3.00 bits per heavy atom. The van der Waals surface area contributed by atoms with E-state index >= 15 is 0 Å². The minimum atomic E-state index is 0.785. The first-order valence-corrected chi connectivity index (χ1v) is 6.48. The van der Waals surface area contributed by atoms with Crippen LogP contribution in [0.2, 0.25) is 0 Å². The molecule has 1 aliphatic rings. The summed E-state index contributed by atoms with van der Waals surface area (Å²) in [4.78, 5) is 0. The van der Waals surface area contributed by atoms with E-state index in [0.717, 1.165) is 36.8 Å². The van der Waals surface area contributed by atoms with Crippen molar-refractivity contribution in [2.45, 2.75) is 13.0 Å². The summed E-state index contributed by atoms with van der Waals surface area (Å²) in [6.45, 7) is 1.59. The van der Waals surface area contributed by atoms with Crippen LogP contribution in [0.15, 0.2) is 42.5 Å². The van der Waals surface area contributed by atoms with Gasteiger partial charge in [0.25, 0.3) is 0 Å². The standard InChI is InChI=1S/C16H17NO2/c1-18-16-5-3-2-4-14(16)17-11-12-6-7-15-13(10-12)8-9-19-15/h2-7,10,17H,8-9,11H2,1H3. The molecule has 0 aromatic heterocycles. The first-order valence-electron chi connectivity index (χ1n) is 6.48. The predicted molar refractivity (Wildman–Crippen MR) is 76.0 cm³/mol. The summed E-state index contributed by atoms with van der Waals surface area (Å²) < 4.78 is 10.8. The number of fused-ring (bicyclic) bond motifs is 1. The molecule has 0 bridgehead atoms. The second-order valence-corrected chi connectivity index (χ2v) is 4.59. The number of benzene rings is 2. The highest BCUT2D eigenvalue weighted by atomic mass is 16.5. The maximum Gasteiger partial charge on any atom is 0.141 e. The molecule has 1 N–H and O–H groups in total. The molecule has 0 radical (unpaired) electrons. The summed E-state index contributed by atoms with van der Waals surface area (Å²) >= 11 is 0. The van der Waals surface area contributed by atoms with E-state index < -0.39 is 0 Å². The monoisotopic (exact) mass is 255 g/mol. The van der Waals surface area contributed by atoms with Gasteiger partial charge in [0.05, 0.1) is 19.4 Å². The number of para-hydroxylation sites is 2. The molecule has 0 fully saturated rings. The van der Waals surface area contributed by atoms with Crippen LogP contribution in [-0.4, -0.2) is 13.7 Å². The molecule has 3 rings (SSSR count). The van der Waals surface area contributed by atoms with Gasteiger partial charge in [-0.25, -0.2) is 0 Å². The van der Waals surface area contributed by atoms with Crippen molar-refractivity contribution in [3.8, 4) is 11.5 Å². The van der Waals surface area contributed by atoms with Gasteiger partial charge in [0.15, 0.2) is 0 Å². The minimum Gasteiger partial charge on any atom is -0.495 e. The highest BCUT2D eigenvalue weighted by molar-refractivity contribution is 5.56. The number of hydrogen-bond donors (Lipinski definition) is 1. The Morgan fingerprint density at radius 2 is 2.11 bits per heavy atom. The van der Waals surface area contributed by atoms with Crippen molar-refractivity contribution >= 4 is 5.69 Å². The number of rotatable bonds is 4. The quantitative estimate of drug-likeness (QED) is 0.909. The molecular weight excluding hydrogens is 238 g/mol. The lowest BCUT2D eigenvalue weighted by molar-refractivity contribution is 0.357. The van der Waals surface area contributed by atoms with E-state index in [4.69, 9.17) is 9.47 Å². The summed E-state index contributed by atoms with van der Waals surface area (Å²) in [5.74, 6) is 1.90. The molecule has 19 heavy (non-hydrogen) atoms. The number of hydrogen-bond acceptors (Lipinski definition) is 3. The summed E-state index contributed by atoms with van der Waals surface area (Å²) in [6, 6.07) is 14.3. The smallest absolute Gasteiger partial charge is 0.141 e. The zero-order chi connectivity index (χ0) is 13.1. The zero-order valence-electron chi connectivity index (χ0n) is 11.0. The first-order chi connectivity index (χ1) is 9.36. The van der Waals surface area contributed by atoms with Crippen molar-refractivity contribution in [1.82, 2.24) is 0 Å². The van der Waals surface area contributed by atoms with Gasteiger partial charge < -0.3 is 14.8 Å². The van der Waals surface area contributed by atoms with Crippen molar-refractivity contribution in [3.63, 3.8) is 0 Å². The second-order valence-electron chi connectivity index (χ2n) is 4.59. The summed E-state index contributed by atoms with van der Waals surface area (Å²) in [5, 5.41) is 3.41. The van der Waals surface area contributed by atoms with E-state index in [-0.39, 0.29) is 0 Å². The summed E-state index contributed by atoms with van der Waals surface area (Å²) in [7, 11) is 1.69. The van der Waals surface area contributed by atoms with Crippen LogP contribution < -0.4 is 14.8 Å². The van der Waals surface area contributed by atoms with Crippen LogP contribution in [0.4, 0.5) is 5.69 Å². The van der Waals surface area contributed by atoms with E-state index in [1.54, 1.807) is 7.11 Å². The Hall–Kier alpha value is -2.16. The lowest BCUT2D eigenvalue weighted by atomic mass is 10.1. The Labute approximate surface area is 113 Å². The number of methoxy groups -OCH3 is 1. The van der Waals surface area contributed by atoms with Crippen LogP contribution in [0.3, 0.4) is 0 Å². The first kappa shape index (κ1) is 11.9. The normalized spacial score (nSPS) is 12.7. The molecule has 3 nitrogen and oxygen atoms in total. The molecule has 0 spiro atoms. The van der Waals surface area contributed by atoms with Crippen LogP contribution in [0.25, 0.3) is 0 Å². The van der Waals surface area contributed by atoms with Crippen LogP contribution in [0.5, 0.6) is 11.5 Å². The molecular formula is C16H17NO2. The van der Waals surface area contributed by atoms with E-state index in [9.17, 15) is 0 Å². The van der Waals surface area contributed by atoms with Crippen LogP contribution >= 0.6 is 0 Å². The molecule has 3 heteroatoms. The van der Waals surface area contributed by atoms with E-state index in [0.29, 0.717) is 0 Å². The lowest BCUT2D eigenvalue weighted by Crippen LogP contribution is -2.01. The van der Waals surface area contributed by atoms with Crippen molar-refractivity contribution < 1.29 is 9.47 Å².